The predicted octanol–water partition coefficient (Wildman–Crippen LogP) is 6.53. The number of phenolic OH excluding ortho intramolecular Hbond substituents is 1. The molecule has 0 amide bonds. The highest BCUT2D eigenvalue weighted by atomic mass is 16.3. The van der Waals surface area contributed by atoms with Crippen LogP contribution in [0, 0.1) is 0 Å². The molecule has 26 heavy (non-hydrogen) atoms. The van der Waals surface area contributed by atoms with Gasteiger partial charge in [0.1, 0.15) is 5.75 Å². The third-order valence-corrected chi connectivity index (χ3v) is 4.35. The lowest BCUT2D eigenvalue weighted by atomic mass is 10.0. The minimum atomic E-state index is 0.265. The van der Waals surface area contributed by atoms with Crippen LogP contribution in [-0.2, 0) is 0 Å². The smallest absolute Gasteiger partial charge is 0.115 e. The third kappa shape index (κ3) is 3.31. The molecule has 4 rings (SSSR count). The summed E-state index contributed by atoms with van der Waals surface area (Å²) in [6.45, 7) is 0. The molecule has 0 atom stereocenters. The lowest BCUT2D eigenvalue weighted by Gasteiger charge is -2.25. The van der Waals surface area contributed by atoms with Gasteiger partial charge in [0.25, 0.3) is 0 Å². The lowest BCUT2D eigenvalue weighted by molar-refractivity contribution is 0.475. The Hall–Kier alpha value is -3.52. The topological polar surface area (TPSA) is 23.5 Å². The lowest BCUT2D eigenvalue weighted by Crippen LogP contribution is -2.09. The van der Waals surface area contributed by atoms with E-state index < -0.39 is 0 Å². The van der Waals surface area contributed by atoms with Gasteiger partial charge in [-0.1, -0.05) is 60.7 Å². The van der Waals surface area contributed by atoms with Crippen molar-refractivity contribution in [1.29, 1.82) is 0 Å². The van der Waals surface area contributed by atoms with E-state index in [-0.39, 0.29) is 5.75 Å². The first-order chi connectivity index (χ1) is 12.8. The monoisotopic (exact) mass is 337 g/mol. The first kappa shape index (κ1) is 16.0. The molecule has 4 aromatic rings. The van der Waals surface area contributed by atoms with E-state index in [1.54, 1.807) is 12.1 Å². The van der Waals surface area contributed by atoms with Crippen molar-refractivity contribution in [1.82, 2.24) is 0 Å². The molecule has 2 heteroatoms. The Morgan fingerprint density at radius 2 is 0.846 bits per heavy atom. The molecule has 4 aromatic carbocycles. The van der Waals surface area contributed by atoms with Crippen molar-refractivity contribution < 1.29 is 5.11 Å². The van der Waals surface area contributed by atoms with Gasteiger partial charge in [0, 0.05) is 17.1 Å². The molecule has 0 unspecified atom stereocenters. The Labute approximate surface area is 153 Å². The number of rotatable bonds is 4. The summed E-state index contributed by atoms with van der Waals surface area (Å²) in [4.78, 5) is 2.17. The molecule has 0 aliphatic carbocycles. The van der Waals surface area contributed by atoms with Crippen molar-refractivity contribution in [3.05, 3.63) is 109 Å². The van der Waals surface area contributed by atoms with Gasteiger partial charge in [-0.25, -0.2) is 0 Å². The predicted molar refractivity (Wildman–Crippen MR) is 108 cm³/mol. The van der Waals surface area contributed by atoms with Crippen LogP contribution in [0.5, 0.6) is 5.75 Å². The number of aromatic hydroxyl groups is 1. The second-order valence-electron chi connectivity index (χ2n) is 6.10. The van der Waals surface area contributed by atoms with Crippen LogP contribution in [0.4, 0.5) is 17.1 Å². The maximum Gasteiger partial charge on any atom is 0.115 e. The van der Waals surface area contributed by atoms with Gasteiger partial charge in [0.05, 0.1) is 0 Å². The molecule has 0 saturated heterocycles. The first-order valence-electron chi connectivity index (χ1n) is 8.61. The number of nitrogens with zero attached hydrogens (tertiary/aromatic N) is 1. The van der Waals surface area contributed by atoms with Gasteiger partial charge in [0.2, 0.25) is 0 Å². The van der Waals surface area contributed by atoms with E-state index in [9.17, 15) is 5.11 Å². The van der Waals surface area contributed by atoms with Crippen molar-refractivity contribution in [2.75, 3.05) is 4.90 Å². The van der Waals surface area contributed by atoms with Crippen LogP contribution in [-0.4, -0.2) is 5.11 Å². The van der Waals surface area contributed by atoms with E-state index in [0.29, 0.717) is 0 Å². The van der Waals surface area contributed by atoms with Gasteiger partial charge in [-0.2, -0.15) is 0 Å². The molecule has 126 valence electrons. The zero-order valence-electron chi connectivity index (χ0n) is 14.3. The van der Waals surface area contributed by atoms with Gasteiger partial charge in [-0.3, -0.25) is 0 Å². The number of anilines is 3. The first-order valence-corrected chi connectivity index (χ1v) is 8.61. The minimum Gasteiger partial charge on any atom is -0.508 e. The van der Waals surface area contributed by atoms with Crippen molar-refractivity contribution in [2.24, 2.45) is 0 Å². The van der Waals surface area contributed by atoms with Crippen LogP contribution in [0.2, 0.25) is 0 Å². The van der Waals surface area contributed by atoms with Crippen molar-refractivity contribution in [3.8, 4) is 16.9 Å². The Morgan fingerprint density at radius 1 is 0.423 bits per heavy atom. The van der Waals surface area contributed by atoms with E-state index in [4.69, 9.17) is 0 Å². The quantitative estimate of drug-likeness (QED) is 0.457. The Kier molecular flexibility index (Phi) is 4.40. The highest BCUT2D eigenvalue weighted by Crippen LogP contribution is 2.35. The number of para-hydroxylation sites is 1. The number of hydrogen-bond donors (Lipinski definition) is 1. The van der Waals surface area contributed by atoms with Gasteiger partial charge in [-0.05, 0) is 59.7 Å². The molecule has 0 fully saturated rings. The standard InChI is InChI=1S/C24H19NO/c26-24-17-15-23(16-18-24)25(21-9-5-2-6-10-21)22-13-11-20(12-14-22)19-7-3-1-4-8-19/h1-18,26H. The molecule has 0 radical (unpaired) electrons. The van der Waals surface area contributed by atoms with Crippen LogP contribution < -0.4 is 4.90 Å². The normalized spacial score (nSPS) is 10.5. The van der Waals surface area contributed by atoms with Crippen molar-refractivity contribution >= 4 is 17.1 Å². The van der Waals surface area contributed by atoms with Gasteiger partial charge in [0.15, 0.2) is 0 Å². The molecule has 0 saturated carbocycles. The maximum atomic E-state index is 9.62. The van der Waals surface area contributed by atoms with Crippen LogP contribution in [0.1, 0.15) is 0 Å². The van der Waals surface area contributed by atoms with E-state index in [1.165, 1.54) is 11.1 Å². The van der Waals surface area contributed by atoms with Crippen LogP contribution in [0.3, 0.4) is 0 Å². The summed E-state index contributed by atoms with van der Waals surface area (Å²) in [6.07, 6.45) is 0. The Morgan fingerprint density at radius 3 is 1.42 bits per heavy atom. The Bertz CT molecular complexity index is 962. The third-order valence-electron chi connectivity index (χ3n) is 4.35. The fourth-order valence-corrected chi connectivity index (χ4v) is 3.06. The average molecular weight is 337 g/mol. The number of benzene rings is 4. The summed E-state index contributed by atoms with van der Waals surface area (Å²) in [6, 6.07) is 36.4. The second kappa shape index (κ2) is 7.16. The highest BCUT2D eigenvalue weighted by Gasteiger charge is 2.12. The van der Waals surface area contributed by atoms with Gasteiger partial charge >= 0.3 is 0 Å². The summed E-state index contributed by atoms with van der Waals surface area (Å²) in [7, 11) is 0. The molecule has 0 bridgehead atoms. The fraction of sp³-hybridized carbons (Fsp3) is 0. The van der Waals surface area contributed by atoms with E-state index in [2.05, 4.69) is 65.6 Å². The minimum absolute atomic E-state index is 0.265. The van der Waals surface area contributed by atoms with Crippen LogP contribution in [0.15, 0.2) is 109 Å². The fourth-order valence-electron chi connectivity index (χ4n) is 3.06. The molecular formula is C24H19NO. The second-order valence-corrected chi connectivity index (χ2v) is 6.10. The van der Waals surface area contributed by atoms with E-state index in [0.717, 1.165) is 17.1 Å². The molecule has 0 aliphatic rings. The molecule has 0 spiro atoms. The Balaban J connectivity index is 1.76. The van der Waals surface area contributed by atoms with E-state index in [1.807, 2.05) is 36.4 Å². The summed E-state index contributed by atoms with van der Waals surface area (Å²) in [5.41, 5.74) is 5.54. The van der Waals surface area contributed by atoms with Gasteiger partial charge in [-0.15, -0.1) is 0 Å². The van der Waals surface area contributed by atoms with Crippen LogP contribution >= 0.6 is 0 Å². The zero-order chi connectivity index (χ0) is 17.8. The number of hydrogen-bond acceptors (Lipinski definition) is 2. The zero-order valence-corrected chi connectivity index (χ0v) is 14.3. The van der Waals surface area contributed by atoms with Crippen molar-refractivity contribution in [3.63, 3.8) is 0 Å². The molecule has 0 aliphatic heterocycles. The molecule has 2 nitrogen and oxygen atoms in total. The summed E-state index contributed by atoms with van der Waals surface area (Å²) in [5.74, 6) is 0.265. The average Bonchev–Trinajstić information content (AvgIpc) is 2.72. The van der Waals surface area contributed by atoms with Gasteiger partial charge < -0.3 is 10.0 Å². The highest BCUT2D eigenvalue weighted by molar-refractivity contribution is 5.78. The number of phenols is 1. The molecule has 1 N–H and O–H groups in total. The molecule has 0 aromatic heterocycles. The van der Waals surface area contributed by atoms with Crippen molar-refractivity contribution in [2.45, 2.75) is 0 Å². The SMILES string of the molecule is Oc1ccc(N(c2ccccc2)c2ccc(-c3ccccc3)cc2)cc1. The molecule has 0 heterocycles. The molecular weight excluding hydrogens is 318 g/mol. The maximum absolute atomic E-state index is 9.62. The summed E-state index contributed by atoms with van der Waals surface area (Å²) >= 11 is 0. The largest absolute Gasteiger partial charge is 0.508 e. The van der Waals surface area contributed by atoms with Crippen LogP contribution in [0.25, 0.3) is 11.1 Å². The van der Waals surface area contributed by atoms with E-state index >= 15 is 0 Å². The summed E-state index contributed by atoms with van der Waals surface area (Å²) in [5, 5.41) is 9.62. The summed E-state index contributed by atoms with van der Waals surface area (Å²) < 4.78 is 0.